The number of nitrogens with zero attached hydrogens (tertiary/aromatic N) is 4. The fourth-order valence-electron chi connectivity index (χ4n) is 3.17. The molecule has 1 aliphatic heterocycles. The Balaban J connectivity index is 1.51. The van der Waals surface area contributed by atoms with Crippen molar-refractivity contribution in [2.24, 2.45) is 0 Å². The van der Waals surface area contributed by atoms with E-state index in [-0.39, 0.29) is 5.91 Å². The van der Waals surface area contributed by atoms with Crippen molar-refractivity contribution in [3.63, 3.8) is 0 Å². The van der Waals surface area contributed by atoms with Gasteiger partial charge in [0.1, 0.15) is 0 Å². The van der Waals surface area contributed by atoms with Crippen LogP contribution in [0.5, 0.6) is 0 Å². The van der Waals surface area contributed by atoms with E-state index in [1.807, 2.05) is 31.2 Å². The van der Waals surface area contributed by atoms with Crippen molar-refractivity contribution in [3.8, 4) is 5.69 Å². The normalized spacial score (nSPS) is 16.0. The fraction of sp³-hybridized carbons (Fsp3) is 0.474. The van der Waals surface area contributed by atoms with Crippen molar-refractivity contribution in [2.75, 3.05) is 46.3 Å². The van der Waals surface area contributed by atoms with E-state index in [0.29, 0.717) is 17.1 Å². The lowest BCUT2D eigenvalue weighted by Gasteiger charge is -2.32. The third-order valence-electron chi connectivity index (χ3n) is 4.84. The second-order valence-corrected chi connectivity index (χ2v) is 7.23. The molecule has 26 heavy (non-hydrogen) atoms. The molecule has 1 saturated heterocycles. The first kappa shape index (κ1) is 18.9. The Labute approximate surface area is 159 Å². The summed E-state index contributed by atoms with van der Waals surface area (Å²) in [6.45, 7) is 8.04. The Morgan fingerprint density at radius 3 is 2.77 bits per heavy atom. The molecule has 1 fully saturated rings. The van der Waals surface area contributed by atoms with Gasteiger partial charge in [0.25, 0.3) is 5.91 Å². The maximum atomic E-state index is 12.5. The number of piperazine rings is 1. The second-order valence-electron chi connectivity index (χ2n) is 6.79. The van der Waals surface area contributed by atoms with E-state index < -0.39 is 0 Å². The van der Waals surface area contributed by atoms with Gasteiger partial charge in [-0.3, -0.25) is 4.79 Å². The molecule has 0 saturated carbocycles. The van der Waals surface area contributed by atoms with Crippen LogP contribution in [0.4, 0.5) is 0 Å². The molecule has 0 bridgehead atoms. The zero-order valence-corrected chi connectivity index (χ0v) is 16.2. The van der Waals surface area contributed by atoms with E-state index in [2.05, 4.69) is 27.3 Å². The molecule has 0 spiro atoms. The fourth-order valence-corrected chi connectivity index (χ4v) is 3.36. The number of amides is 1. The number of hydrogen-bond donors (Lipinski definition) is 1. The zero-order chi connectivity index (χ0) is 18.5. The molecule has 1 aromatic carbocycles. The number of hydrogen-bond acceptors (Lipinski definition) is 4. The molecule has 1 amide bonds. The first-order valence-corrected chi connectivity index (χ1v) is 9.42. The van der Waals surface area contributed by atoms with Crippen molar-refractivity contribution >= 4 is 17.5 Å². The summed E-state index contributed by atoms with van der Waals surface area (Å²) in [5, 5.41) is 8.00. The van der Waals surface area contributed by atoms with Gasteiger partial charge in [-0.25, -0.2) is 4.68 Å². The smallest absolute Gasteiger partial charge is 0.254 e. The van der Waals surface area contributed by atoms with E-state index in [4.69, 9.17) is 11.6 Å². The predicted octanol–water partition coefficient (Wildman–Crippen LogP) is 2.20. The first-order valence-electron chi connectivity index (χ1n) is 9.04. The van der Waals surface area contributed by atoms with Crippen molar-refractivity contribution < 1.29 is 4.79 Å². The third-order valence-corrected chi connectivity index (χ3v) is 5.07. The molecular weight excluding hydrogens is 350 g/mol. The highest BCUT2D eigenvalue weighted by Gasteiger charge is 2.16. The van der Waals surface area contributed by atoms with E-state index in [9.17, 15) is 4.79 Å². The summed E-state index contributed by atoms with van der Waals surface area (Å²) in [7, 11) is 2.16. The highest BCUT2D eigenvalue weighted by molar-refractivity contribution is 6.30. The van der Waals surface area contributed by atoms with Gasteiger partial charge >= 0.3 is 0 Å². The summed E-state index contributed by atoms with van der Waals surface area (Å²) in [4.78, 5) is 17.3. The van der Waals surface area contributed by atoms with Crippen LogP contribution in [0.2, 0.25) is 5.02 Å². The van der Waals surface area contributed by atoms with Gasteiger partial charge in [-0.15, -0.1) is 0 Å². The van der Waals surface area contributed by atoms with Crippen molar-refractivity contribution in [3.05, 3.63) is 46.7 Å². The maximum Gasteiger partial charge on any atom is 0.254 e. The largest absolute Gasteiger partial charge is 0.352 e. The summed E-state index contributed by atoms with van der Waals surface area (Å²) >= 11 is 6.05. The van der Waals surface area contributed by atoms with Gasteiger partial charge in [-0.05, 0) is 45.1 Å². The molecule has 1 aromatic heterocycles. The molecule has 3 rings (SSSR count). The molecule has 0 aliphatic carbocycles. The molecule has 0 radical (unpaired) electrons. The molecule has 0 atom stereocenters. The number of aromatic nitrogens is 2. The Bertz CT molecular complexity index is 752. The Morgan fingerprint density at radius 2 is 2.04 bits per heavy atom. The number of benzene rings is 1. The lowest BCUT2D eigenvalue weighted by atomic mass is 10.2. The average molecular weight is 376 g/mol. The molecule has 7 heteroatoms. The standard InChI is InChI=1S/C19H26ClN5O/c1-15-18(14-22-25(15)17-6-3-5-16(20)13-17)19(26)21-7-4-8-24-11-9-23(2)10-12-24/h3,5-6,13-14H,4,7-12H2,1-2H3,(H,21,26). The summed E-state index contributed by atoms with van der Waals surface area (Å²) in [6, 6.07) is 7.44. The van der Waals surface area contributed by atoms with Crippen LogP contribution in [0.1, 0.15) is 22.5 Å². The molecule has 2 heterocycles. The summed E-state index contributed by atoms with van der Waals surface area (Å²) in [5.41, 5.74) is 2.26. The Morgan fingerprint density at radius 1 is 1.27 bits per heavy atom. The number of carbonyl (C=O) groups is 1. The van der Waals surface area contributed by atoms with Crippen molar-refractivity contribution in [2.45, 2.75) is 13.3 Å². The lowest BCUT2D eigenvalue weighted by molar-refractivity contribution is 0.0949. The quantitative estimate of drug-likeness (QED) is 0.786. The van der Waals surface area contributed by atoms with Crippen molar-refractivity contribution in [1.82, 2.24) is 24.9 Å². The lowest BCUT2D eigenvalue weighted by Crippen LogP contribution is -2.45. The van der Waals surface area contributed by atoms with E-state index in [1.165, 1.54) is 0 Å². The number of halogens is 1. The summed E-state index contributed by atoms with van der Waals surface area (Å²) in [6.07, 6.45) is 2.57. The topological polar surface area (TPSA) is 53.4 Å². The molecule has 1 aliphatic rings. The van der Waals surface area contributed by atoms with Crippen LogP contribution >= 0.6 is 11.6 Å². The molecule has 140 valence electrons. The van der Waals surface area contributed by atoms with Crippen LogP contribution in [0, 0.1) is 6.92 Å². The molecular formula is C19H26ClN5O. The van der Waals surface area contributed by atoms with Gasteiger partial charge in [0, 0.05) is 37.7 Å². The summed E-state index contributed by atoms with van der Waals surface area (Å²) in [5.74, 6) is -0.0749. The Kier molecular flexibility index (Phi) is 6.29. The molecule has 0 unspecified atom stereocenters. The predicted molar refractivity (Wildman–Crippen MR) is 104 cm³/mol. The maximum absolute atomic E-state index is 12.5. The highest BCUT2D eigenvalue weighted by atomic mass is 35.5. The highest BCUT2D eigenvalue weighted by Crippen LogP contribution is 2.17. The van der Waals surface area contributed by atoms with Gasteiger partial charge in [0.2, 0.25) is 0 Å². The van der Waals surface area contributed by atoms with Gasteiger partial charge in [0.05, 0.1) is 23.1 Å². The van der Waals surface area contributed by atoms with Gasteiger partial charge in [-0.1, -0.05) is 17.7 Å². The minimum absolute atomic E-state index is 0.0749. The average Bonchev–Trinajstić information content (AvgIpc) is 3.01. The van der Waals surface area contributed by atoms with E-state index in [0.717, 1.165) is 50.5 Å². The minimum Gasteiger partial charge on any atom is -0.352 e. The van der Waals surface area contributed by atoms with Crippen LogP contribution in [0.25, 0.3) is 5.69 Å². The van der Waals surface area contributed by atoms with Crippen LogP contribution in [0.15, 0.2) is 30.5 Å². The van der Waals surface area contributed by atoms with E-state index in [1.54, 1.807) is 10.9 Å². The van der Waals surface area contributed by atoms with Crippen LogP contribution in [-0.4, -0.2) is 71.8 Å². The second kappa shape index (κ2) is 8.66. The number of rotatable bonds is 6. The van der Waals surface area contributed by atoms with E-state index >= 15 is 0 Å². The minimum atomic E-state index is -0.0749. The SMILES string of the molecule is Cc1c(C(=O)NCCCN2CCN(C)CC2)cnn1-c1cccc(Cl)c1. The van der Waals surface area contributed by atoms with Crippen LogP contribution < -0.4 is 5.32 Å². The summed E-state index contributed by atoms with van der Waals surface area (Å²) < 4.78 is 1.74. The van der Waals surface area contributed by atoms with Gasteiger partial charge in [-0.2, -0.15) is 5.10 Å². The molecule has 2 aromatic rings. The van der Waals surface area contributed by atoms with Crippen LogP contribution in [-0.2, 0) is 0 Å². The molecule has 1 N–H and O–H groups in total. The monoisotopic (exact) mass is 375 g/mol. The molecule has 6 nitrogen and oxygen atoms in total. The first-order chi connectivity index (χ1) is 12.5. The Hall–Kier alpha value is -1.89. The number of carbonyl (C=O) groups excluding carboxylic acids is 1. The number of likely N-dealkylation sites (N-methyl/N-ethyl adjacent to an activating group) is 1. The zero-order valence-electron chi connectivity index (χ0n) is 15.4. The van der Waals surface area contributed by atoms with Gasteiger partial charge in [0.15, 0.2) is 0 Å². The van der Waals surface area contributed by atoms with Crippen molar-refractivity contribution in [1.29, 1.82) is 0 Å². The van der Waals surface area contributed by atoms with Crippen LogP contribution in [0.3, 0.4) is 0 Å². The number of nitrogens with one attached hydrogen (secondary N) is 1. The van der Waals surface area contributed by atoms with Gasteiger partial charge < -0.3 is 15.1 Å². The third kappa shape index (κ3) is 4.63.